The van der Waals surface area contributed by atoms with E-state index in [2.05, 4.69) is 0 Å². The van der Waals surface area contributed by atoms with E-state index in [0.717, 1.165) is 0 Å². The minimum atomic E-state index is -0.755. The Morgan fingerprint density at radius 2 is 1.47 bits per heavy atom. The molecule has 0 aliphatic rings. The topological polar surface area (TPSA) is 72.8 Å². The first-order valence-electron chi connectivity index (χ1n) is 6.23. The SMILES string of the molecule is C/C=C/C(=O)OCC(CC)(CO)COC(=O)/C=C/C. The summed E-state index contributed by atoms with van der Waals surface area (Å²) in [7, 11) is 0. The fourth-order valence-corrected chi connectivity index (χ4v) is 1.27. The Morgan fingerprint density at radius 3 is 1.74 bits per heavy atom. The van der Waals surface area contributed by atoms with E-state index >= 15 is 0 Å². The molecule has 0 aliphatic carbocycles. The molecule has 0 fully saturated rings. The van der Waals surface area contributed by atoms with Gasteiger partial charge in [-0.3, -0.25) is 0 Å². The van der Waals surface area contributed by atoms with Crippen molar-refractivity contribution in [1.82, 2.24) is 0 Å². The van der Waals surface area contributed by atoms with Gasteiger partial charge in [-0.2, -0.15) is 0 Å². The van der Waals surface area contributed by atoms with Crippen LogP contribution in [-0.4, -0.2) is 36.9 Å². The maximum absolute atomic E-state index is 11.3. The third-order valence-electron chi connectivity index (χ3n) is 2.73. The molecule has 1 N–H and O–H groups in total. The molecule has 0 saturated heterocycles. The van der Waals surface area contributed by atoms with Crippen molar-refractivity contribution in [1.29, 1.82) is 0 Å². The molecule has 0 aromatic heterocycles. The van der Waals surface area contributed by atoms with Crippen LogP contribution in [0.15, 0.2) is 24.3 Å². The van der Waals surface area contributed by atoms with Gasteiger partial charge in [0.15, 0.2) is 0 Å². The summed E-state index contributed by atoms with van der Waals surface area (Å²) in [4.78, 5) is 22.5. The number of carbonyl (C=O) groups is 2. The lowest BCUT2D eigenvalue weighted by Crippen LogP contribution is -2.37. The van der Waals surface area contributed by atoms with Gasteiger partial charge in [0.25, 0.3) is 0 Å². The highest BCUT2D eigenvalue weighted by atomic mass is 16.5. The first kappa shape index (κ1) is 17.4. The lowest BCUT2D eigenvalue weighted by atomic mass is 9.88. The molecule has 0 heterocycles. The van der Waals surface area contributed by atoms with Crippen LogP contribution >= 0.6 is 0 Å². The number of aliphatic hydroxyl groups excluding tert-OH is 1. The number of hydrogen-bond donors (Lipinski definition) is 1. The van der Waals surface area contributed by atoms with E-state index < -0.39 is 17.4 Å². The molecule has 0 aromatic carbocycles. The van der Waals surface area contributed by atoms with Gasteiger partial charge in [0.05, 0.1) is 12.0 Å². The van der Waals surface area contributed by atoms with Crippen molar-refractivity contribution in [3.8, 4) is 0 Å². The Labute approximate surface area is 113 Å². The van der Waals surface area contributed by atoms with Crippen molar-refractivity contribution in [2.24, 2.45) is 5.41 Å². The second-order valence-electron chi connectivity index (χ2n) is 4.23. The minimum Gasteiger partial charge on any atom is -0.462 e. The van der Waals surface area contributed by atoms with Gasteiger partial charge in [0.2, 0.25) is 0 Å². The van der Waals surface area contributed by atoms with Crippen LogP contribution in [0.4, 0.5) is 0 Å². The Kier molecular flexibility index (Phi) is 8.53. The van der Waals surface area contributed by atoms with Crippen molar-refractivity contribution in [2.45, 2.75) is 27.2 Å². The monoisotopic (exact) mass is 270 g/mol. The lowest BCUT2D eigenvalue weighted by Gasteiger charge is -2.28. The van der Waals surface area contributed by atoms with Crippen molar-refractivity contribution in [3.63, 3.8) is 0 Å². The summed E-state index contributed by atoms with van der Waals surface area (Å²) < 4.78 is 10.1. The summed E-state index contributed by atoms with van der Waals surface area (Å²) in [5.41, 5.74) is -0.755. The molecule has 0 rings (SSSR count). The van der Waals surface area contributed by atoms with Crippen LogP contribution < -0.4 is 0 Å². The van der Waals surface area contributed by atoms with Gasteiger partial charge in [-0.05, 0) is 20.3 Å². The fourth-order valence-electron chi connectivity index (χ4n) is 1.27. The number of ether oxygens (including phenoxy) is 2. The van der Waals surface area contributed by atoms with E-state index in [4.69, 9.17) is 9.47 Å². The van der Waals surface area contributed by atoms with Crippen LogP contribution in [0, 0.1) is 5.41 Å². The molecule has 0 radical (unpaired) electrons. The van der Waals surface area contributed by atoms with Crippen molar-refractivity contribution in [3.05, 3.63) is 24.3 Å². The van der Waals surface area contributed by atoms with Gasteiger partial charge in [0.1, 0.15) is 13.2 Å². The molecule has 0 amide bonds. The number of allylic oxidation sites excluding steroid dienone is 2. The highest BCUT2D eigenvalue weighted by Crippen LogP contribution is 2.22. The Balaban J connectivity index is 4.49. The van der Waals surface area contributed by atoms with E-state index in [1.165, 1.54) is 12.2 Å². The Morgan fingerprint density at radius 1 is 1.05 bits per heavy atom. The standard InChI is InChI=1S/C14H22O5/c1-4-7-12(16)18-10-14(6-3,9-15)11-19-13(17)8-5-2/h4-5,7-8,15H,6,9-11H2,1-3H3/b7-4+,8-5+. The summed E-state index contributed by atoms with van der Waals surface area (Å²) in [5.74, 6) is -0.956. The second kappa shape index (κ2) is 9.33. The highest BCUT2D eigenvalue weighted by Gasteiger charge is 2.31. The smallest absolute Gasteiger partial charge is 0.330 e. The Hall–Kier alpha value is -1.62. The van der Waals surface area contributed by atoms with E-state index in [0.29, 0.717) is 6.42 Å². The van der Waals surface area contributed by atoms with Gasteiger partial charge in [-0.25, -0.2) is 9.59 Å². The number of rotatable bonds is 8. The molecule has 0 saturated carbocycles. The molecule has 5 heteroatoms. The third kappa shape index (κ3) is 6.76. The maximum atomic E-state index is 11.3. The summed E-state index contributed by atoms with van der Waals surface area (Å²) in [6.45, 7) is 5.04. The molecule has 108 valence electrons. The average molecular weight is 270 g/mol. The van der Waals surface area contributed by atoms with E-state index in [-0.39, 0.29) is 19.8 Å². The van der Waals surface area contributed by atoms with Gasteiger partial charge in [-0.15, -0.1) is 0 Å². The molecular formula is C14H22O5. The van der Waals surface area contributed by atoms with Crippen LogP contribution in [-0.2, 0) is 19.1 Å². The van der Waals surface area contributed by atoms with Gasteiger partial charge >= 0.3 is 11.9 Å². The van der Waals surface area contributed by atoms with Crippen LogP contribution in [0.1, 0.15) is 27.2 Å². The number of hydrogen-bond acceptors (Lipinski definition) is 5. The van der Waals surface area contributed by atoms with Crippen LogP contribution in [0.3, 0.4) is 0 Å². The van der Waals surface area contributed by atoms with Crippen molar-refractivity contribution >= 4 is 11.9 Å². The number of carbonyl (C=O) groups excluding carboxylic acids is 2. The van der Waals surface area contributed by atoms with Crippen molar-refractivity contribution in [2.75, 3.05) is 19.8 Å². The molecule has 0 unspecified atom stereocenters. The normalized spacial score (nSPS) is 12.0. The molecule has 0 atom stereocenters. The van der Waals surface area contributed by atoms with E-state index in [1.54, 1.807) is 26.0 Å². The molecule has 0 bridgehead atoms. The first-order valence-corrected chi connectivity index (χ1v) is 6.23. The minimum absolute atomic E-state index is 0.00624. The number of aliphatic hydroxyl groups is 1. The van der Waals surface area contributed by atoms with E-state index in [9.17, 15) is 14.7 Å². The zero-order chi connectivity index (χ0) is 14.7. The number of esters is 2. The largest absolute Gasteiger partial charge is 0.462 e. The summed E-state index contributed by atoms with van der Waals surface area (Å²) in [6.07, 6.45) is 6.25. The summed E-state index contributed by atoms with van der Waals surface area (Å²) >= 11 is 0. The van der Waals surface area contributed by atoms with Crippen LogP contribution in [0.5, 0.6) is 0 Å². The summed E-state index contributed by atoms with van der Waals surface area (Å²) in [6, 6.07) is 0. The maximum Gasteiger partial charge on any atom is 0.330 e. The molecule has 0 aliphatic heterocycles. The summed E-state index contributed by atoms with van der Waals surface area (Å²) in [5, 5.41) is 9.44. The molecule has 5 nitrogen and oxygen atoms in total. The molecule has 0 aromatic rings. The van der Waals surface area contributed by atoms with Gasteiger partial charge in [0, 0.05) is 12.2 Å². The predicted octanol–water partition coefficient (Wildman–Crippen LogP) is 1.61. The van der Waals surface area contributed by atoms with Crippen LogP contribution in [0.2, 0.25) is 0 Å². The predicted molar refractivity (Wildman–Crippen MR) is 71.4 cm³/mol. The van der Waals surface area contributed by atoms with Gasteiger partial charge < -0.3 is 14.6 Å². The quantitative estimate of drug-likeness (QED) is 0.536. The fraction of sp³-hybridized carbons (Fsp3) is 0.571. The Bertz CT molecular complexity index is 310. The second-order valence-corrected chi connectivity index (χ2v) is 4.23. The molecule has 19 heavy (non-hydrogen) atoms. The average Bonchev–Trinajstić information content (AvgIpc) is 2.40. The van der Waals surface area contributed by atoms with Gasteiger partial charge in [-0.1, -0.05) is 19.1 Å². The first-order chi connectivity index (χ1) is 9.03. The van der Waals surface area contributed by atoms with Crippen LogP contribution in [0.25, 0.3) is 0 Å². The zero-order valence-corrected chi connectivity index (χ0v) is 11.7. The molecule has 0 spiro atoms. The highest BCUT2D eigenvalue weighted by molar-refractivity contribution is 5.82. The van der Waals surface area contributed by atoms with Crippen molar-refractivity contribution < 1.29 is 24.2 Å². The lowest BCUT2D eigenvalue weighted by molar-refractivity contribution is -0.150. The third-order valence-corrected chi connectivity index (χ3v) is 2.73. The zero-order valence-electron chi connectivity index (χ0n) is 11.7. The molecular weight excluding hydrogens is 248 g/mol. The van der Waals surface area contributed by atoms with E-state index in [1.807, 2.05) is 6.92 Å².